The molecule has 0 aliphatic rings. The lowest BCUT2D eigenvalue weighted by atomic mass is 9.99. The Morgan fingerprint density at radius 2 is 1.58 bits per heavy atom. The maximum Gasteiger partial charge on any atom is 0.257 e. The maximum atomic E-state index is 10.5. The van der Waals surface area contributed by atoms with E-state index in [0.29, 0.717) is 0 Å². The van der Waals surface area contributed by atoms with Crippen molar-refractivity contribution in [3.8, 4) is 0 Å². The van der Waals surface area contributed by atoms with Crippen LogP contribution in [-0.4, -0.2) is 8.42 Å². The van der Waals surface area contributed by atoms with E-state index in [1.54, 1.807) is 0 Å². The van der Waals surface area contributed by atoms with Crippen molar-refractivity contribution >= 4 is 32.5 Å². The van der Waals surface area contributed by atoms with Crippen molar-refractivity contribution in [3.63, 3.8) is 0 Å². The molecule has 0 saturated heterocycles. The average molecular weight is 271 g/mol. The van der Waals surface area contributed by atoms with Gasteiger partial charge in [-0.05, 0) is 27.1 Å². The molecule has 3 aromatic carbocycles. The Hall–Kier alpha value is -1.91. The Kier molecular flexibility index (Phi) is 3.19. The number of benzene rings is 3. The third-order valence-corrected chi connectivity index (χ3v) is 3.36. The molecular formula is C15H11O3S. The molecule has 0 aliphatic heterocycles. The summed E-state index contributed by atoms with van der Waals surface area (Å²) in [5.74, 6) is 0. The van der Waals surface area contributed by atoms with Gasteiger partial charge in [-0.15, -0.1) is 0 Å². The molecule has 0 unspecified atom stereocenters. The highest BCUT2D eigenvalue weighted by molar-refractivity contribution is 7.67. The van der Waals surface area contributed by atoms with Gasteiger partial charge in [0.05, 0.1) is 0 Å². The number of hydrogen-bond donors (Lipinski definition) is 1. The molecule has 3 nitrogen and oxygen atoms in total. The number of thiol groups is 1. The predicted octanol–water partition coefficient (Wildman–Crippen LogP) is 3.05. The van der Waals surface area contributed by atoms with E-state index in [9.17, 15) is 8.42 Å². The van der Waals surface area contributed by atoms with Crippen LogP contribution >= 0.6 is 0 Å². The van der Waals surface area contributed by atoms with Gasteiger partial charge in [0.2, 0.25) is 0 Å². The molecule has 3 rings (SSSR count). The van der Waals surface area contributed by atoms with E-state index in [0.717, 1.165) is 27.1 Å². The van der Waals surface area contributed by atoms with E-state index in [1.165, 1.54) is 6.61 Å². The average Bonchev–Trinajstić information content (AvgIpc) is 2.44. The van der Waals surface area contributed by atoms with Gasteiger partial charge >= 0.3 is 0 Å². The van der Waals surface area contributed by atoms with E-state index in [-0.39, 0.29) is 0 Å². The zero-order valence-electron chi connectivity index (χ0n) is 9.95. The van der Waals surface area contributed by atoms with Crippen molar-refractivity contribution in [1.29, 1.82) is 0 Å². The first-order chi connectivity index (χ1) is 9.25. The molecule has 19 heavy (non-hydrogen) atoms. The minimum Gasteiger partial charge on any atom is -0.261 e. The van der Waals surface area contributed by atoms with Crippen molar-refractivity contribution in [2.75, 3.05) is 0 Å². The lowest BCUT2D eigenvalue weighted by molar-refractivity contribution is 0.430. The van der Waals surface area contributed by atoms with Crippen LogP contribution in [0.1, 0.15) is 5.56 Å². The van der Waals surface area contributed by atoms with Gasteiger partial charge in [0.1, 0.15) is 6.61 Å². The zero-order valence-corrected chi connectivity index (χ0v) is 10.8. The highest BCUT2D eigenvalue weighted by atomic mass is 32.2. The molecule has 0 aliphatic carbocycles. The van der Waals surface area contributed by atoms with E-state index in [1.807, 2.05) is 42.5 Å². The fourth-order valence-electron chi connectivity index (χ4n) is 2.27. The molecular weight excluding hydrogens is 260 g/mol. The third-order valence-electron chi connectivity index (χ3n) is 3.09. The first-order valence-corrected chi connectivity index (χ1v) is 6.90. The van der Waals surface area contributed by atoms with Gasteiger partial charge in [0.25, 0.3) is 11.0 Å². The predicted molar refractivity (Wildman–Crippen MR) is 76.3 cm³/mol. The van der Waals surface area contributed by atoms with Crippen LogP contribution < -0.4 is 0 Å². The van der Waals surface area contributed by atoms with Gasteiger partial charge in [-0.2, -0.15) is 0 Å². The van der Waals surface area contributed by atoms with Gasteiger partial charge < -0.3 is 0 Å². The number of rotatable bonds is 3. The van der Waals surface area contributed by atoms with Crippen molar-refractivity contribution in [2.45, 2.75) is 0 Å². The van der Waals surface area contributed by atoms with Crippen LogP contribution in [0.15, 0.2) is 54.6 Å². The van der Waals surface area contributed by atoms with Gasteiger partial charge in [-0.1, -0.05) is 54.6 Å². The second-order valence-corrected chi connectivity index (χ2v) is 4.83. The quantitative estimate of drug-likeness (QED) is 0.588. The van der Waals surface area contributed by atoms with E-state index in [2.05, 4.69) is 16.3 Å². The second kappa shape index (κ2) is 4.99. The Bertz CT molecular complexity index is 814. The minimum absolute atomic E-state index is 0.752. The van der Waals surface area contributed by atoms with Crippen LogP contribution in [0.3, 0.4) is 0 Å². The molecule has 0 amide bonds. The third kappa shape index (κ3) is 2.32. The van der Waals surface area contributed by atoms with Crippen LogP contribution in [0.5, 0.6) is 0 Å². The molecule has 4 heteroatoms. The van der Waals surface area contributed by atoms with Gasteiger partial charge in [0, 0.05) is 0 Å². The summed E-state index contributed by atoms with van der Waals surface area (Å²) in [6.07, 6.45) is 0. The molecule has 0 aromatic heterocycles. The maximum absolute atomic E-state index is 10.5. The summed E-state index contributed by atoms with van der Waals surface area (Å²) < 4.78 is 25.6. The monoisotopic (exact) mass is 271 g/mol. The van der Waals surface area contributed by atoms with Crippen LogP contribution in [-0.2, 0) is 15.2 Å². The van der Waals surface area contributed by atoms with Crippen molar-refractivity contribution in [3.05, 3.63) is 66.8 Å². The standard InChI is InChI=1S/C15H11O3S/c16-19(17)18-10-12-5-3-7-15-13-6-2-1-4-11(13)8-9-14(12)15/h1-10,19H. The normalized spacial score (nSPS) is 11.4. The summed E-state index contributed by atoms with van der Waals surface area (Å²) in [4.78, 5) is 0. The van der Waals surface area contributed by atoms with E-state index in [4.69, 9.17) is 0 Å². The first-order valence-electron chi connectivity index (χ1n) is 5.80. The SMILES string of the molecule is O=[SH](=O)O[CH]c1cccc2c1ccc1ccccc12. The summed E-state index contributed by atoms with van der Waals surface area (Å²) in [5.41, 5.74) is 0.752. The number of fused-ring (bicyclic) bond motifs is 3. The molecule has 0 N–H and O–H groups in total. The zero-order chi connectivity index (χ0) is 13.2. The van der Waals surface area contributed by atoms with Gasteiger partial charge in [-0.3, -0.25) is 4.18 Å². The topological polar surface area (TPSA) is 43.4 Å². The lowest BCUT2D eigenvalue weighted by Crippen LogP contribution is -1.90. The van der Waals surface area contributed by atoms with Crippen molar-refractivity contribution in [2.24, 2.45) is 0 Å². The molecule has 0 bridgehead atoms. The summed E-state index contributed by atoms with van der Waals surface area (Å²) in [7, 11) is -2.87. The molecule has 0 fully saturated rings. The molecule has 0 atom stereocenters. The highest BCUT2D eigenvalue weighted by Crippen LogP contribution is 2.28. The molecule has 3 aromatic rings. The Balaban J connectivity index is 2.23. The fraction of sp³-hybridized carbons (Fsp3) is 0. The Labute approximate surface area is 112 Å². The fourth-order valence-corrected chi connectivity index (χ4v) is 2.47. The number of hydrogen-bond acceptors (Lipinski definition) is 3. The second-order valence-electron chi connectivity index (χ2n) is 4.18. The van der Waals surface area contributed by atoms with Crippen molar-refractivity contribution in [1.82, 2.24) is 0 Å². The molecule has 1 radical (unpaired) electrons. The summed E-state index contributed by atoms with van der Waals surface area (Å²) in [5, 5.41) is 4.35. The molecule has 95 valence electrons. The highest BCUT2D eigenvalue weighted by Gasteiger charge is 2.05. The molecule has 0 heterocycles. The van der Waals surface area contributed by atoms with Gasteiger partial charge in [0.15, 0.2) is 0 Å². The smallest absolute Gasteiger partial charge is 0.257 e. The largest absolute Gasteiger partial charge is 0.261 e. The first kappa shape index (κ1) is 12.1. The van der Waals surface area contributed by atoms with Crippen LogP contribution in [0.25, 0.3) is 21.5 Å². The van der Waals surface area contributed by atoms with E-state index >= 15 is 0 Å². The Morgan fingerprint density at radius 1 is 0.789 bits per heavy atom. The van der Waals surface area contributed by atoms with Crippen molar-refractivity contribution < 1.29 is 12.6 Å². The molecule has 0 spiro atoms. The summed E-state index contributed by atoms with van der Waals surface area (Å²) in [6, 6.07) is 17.8. The van der Waals surface area contributed by atoms with E-state index < -0.39 is 11.0 Å². The van der Waals surface area contributed by atoms with Gasteiger partial charge in [-0.25, -0.2) is 8.42 Å². The van der Waals surface area contributed by atoms with Crippen LogP contribution in [0.2, 0.25) is 0 Å². The van der Waals surface area contributed by atoms with Crippen LogP contribution in [0, 0.1) is 6.61 Å². The minimum atomic E-state index is -2.87. The molecule has 0 saturated carbocycles. The van der Waals surface area contributed by atoms with Crippen LogP contribution in [0.4, 0.5) is 0 Å². The Morgan fingerprint density at radius 3 is 2.42 bits per heavy atom. The summed E-state index contributed by atoms with van der Waals surface area (Å²) >= 11 is 0. The lowest BCUT2D eigenvalue weighted by Gasteiger charge is -2.07. The summed E-state index contributed by atoms with van der Waals surface area (Å²) in [6.45, 7) is 1.27.